The highest BCUT2D eigenvalue weighted by Crippen LogP contribution is 2.13. The van der Waals surface area contributed by atoms with Gasteiger partial charge in [-0.15, -0.1) is 0 Å². The molecule has 0 amide bonds. The second kappa shape index (κ2) is 6.23. The molecule has 0 fully saturated rings. The Labute approximate surface area is 91.3 Å². The van der Waals surface area contributed by atoms with Crippen LogP contribution < -0.4 is 4.74 Å². The van der Waals surface area contributed by atoms with Crippen LogP contribution >= 0.6 is 0 Å². The first-order valence-electron chi connectivity index (χ1n) is 5.49. The highest BCUT2D eigenvalue weighted by Gasteiger charge is 2.01. The third-order valence-electron chi connectivity index (χ3n) is 2.24. The lowest BCUT2D eigenvalue weighted by Gasteiger charge is -2.06. The summed E-state index contributed by atoms with van der Waals surface area (Å²) in [4.78, 5) is 11.2. The standard InChI is InChI=1S/C13H18O2/c1-3-6-12(14)10-15-13-8-5-7-11(4-2)9-13/h5,7-9H,3-4,6,10H2,1-2H3. The van der Waals surface area contributed by atoms with E-state index < -0.39 is 0 Å². The van der Waals surface area contributed by atoms with Crippen LogP contribution in [-0.4, -0.2) is 12.4 Å². The number of hydrogen-bond acceptors (Lipinski definition) is 2. The number of hydrogen-bond donors (Lipinski definition) is 0. The number of ketones is 1. The number of aryl methyl sites for hydroxylation is 1. The fourth-order valence-corrected chi connectivity index (χ4v) is 1.37. The van der Waals surface area contributed by atoms with Crippen molar-refractivity contribution in [3.05, 3.63) is 29.8 Å². The Morgan fingerprint density at radius 2 is 2.13 bits per heavy atom. The zero-order valence-corrected chi connectivity index (χ0v) is 9.45. The molecule has 2 heteroatoms. The molecule has 0 aromatic heterocycles. The van der Waals surface area contributed by atoms with E-state index in [2.05, 4.69) is 13.0 Å². The molecule has 0 atom stereocenters. The molecule has 0 aliphatic carbocycles. The summed E-state index contributed by atoms with van der Waals surface area (Å²) in [7, 11) is 0. The van der Waals surface area contributed by atoms with Crippen molar-refractivity contribution in [2.75, 3.05) is 6.61 Å². The third kappa shape index (κ3) is 4.15. The second-order valence-corrected chi connectivity index (χ2v) is 3.58. The van der Waals surface area contributed by atoms with Gasteiger partial charge in [-0.2, -0.15) is 0 Å². The van der Waals surface area contributed by atoms with Crippen LogP contribution in [-0.2, 0) is 11.2 Å². The van der Waals surface area contributed by atoms with Crippen molar-refractivity contribution in [3.63, 3.8) is 0 Å². The highest BCUT2D eigenvalue weighted by atomic mass is 16.5. The van der Waals surface area contributed by atoms with E-state index in [1.807, 2.05) is 25.1 Å². The lowest BCUT2D eigenvalue weighted by atomic mass is 10.2. The van der Waals surface area contributed by atoms with Gasteiger partial charge in [-0.3, -0.25) is 4.79 Å². The molecule has 0 spiro atoms. The quantitative estimate of drug-likeness (QED) is 0.715. The Bertz CT molecular complexity index is 318. The van der Waals surface area contributed by atoms with Crippen LogP contribution in [0.15, 0.2) is 24.3 Å². The van der Waals surface area contributed by atoms with Crippen LogP contribution in [0.2, 0.25) is 0 Å². The summed E-state index contributed by atoms with van der Waals surface area (Å²) in [6.45, 7) is 4.29. The summed E-state index contributed by atoms with van der Waals surface area (Å²) in [6, 6.07) is 7.89. The normalized spacial score (nSPS) is 10.0. The van der Waals surface area contributed by atoms with Crippen molar-refractivity contribution >= 4 is 5.78 Å². The lowest BCUT2D eigenvalue weighted by Crippen LogP contribution is -2.10. The van der Waals surface area contributed by atoms with Gasteiger partial charge in [0.2, 0.25) is 0 Å². The molecule has 0 saturated carbocycles. The molecule has 0 unspecified atom stereocenters. The number of Topliss-reactive ketones (excluding diaryl/α,β-unsaturated/α-hetero) is 1. The Kier molecular flexibility index (Phi) is 4.88. The van der Waals surface area contributed by atoms with Crippen LogP contribution in [0.3, 0.4) is 0 Å². The summed E-state index contributed by atoms with van der Waals surface area (Å²) in [5.41, 5.74) is 1.23. The summed E-state index contributed by atoms with van der Waals surface area (Å²) in [5.74, 6) is 0.957. The van der Waals surface area contributed by atoms with Gasteiger partial charge in [-0.25, -0.2) is 0 Å². The van der Waals surface area contributed by atoms with Gasteiger partial charge in [-0.05, 0) is 30.5 Å². The molecule has 0 saturated heterocycles. The van der Waals surface area contributed by atoms with Crippen molar-refractivity contribution in [2.24, 2.45) is 0 Å². The van der Waals surface area contributed by atoms with Gasteiger partial charge in [0, 0.05) is 6.42 Å². The maximum Gasteiger partial charge on any atom is 0.170 e. The number of carbonyl (C=O) groups excluding carboxylic acids is 1. The lowest BCUT2D eigenvalue weighted by molar-refractivity contribution is -0.121. The van der Waals surface area contributed by atoms with E-state index in [4.69, 9.17) is 4.74 Å². The molecule has 0 heterocycles. The number of benzene rings is 1. The van der Waals surface area contributed by atoms with Gasteiger partial charge in [0.15, 0.2) is 5.78 Å². The van der Waals surface area contributed by atoms with Gasteiger partial charge in [0.1, 0.15) is 12.4 Å². The molecule has 0 aliphatic rings. The molecule has 82 valence electrons. The summed E-state index contributed by atoms with van der Waals surface area (Å²) in [6.07, 6.45) is 2.48. The van der Waals surface area contributed by atoms with Gasteiger partial charge < -0.3 is 4.74 Å². The summed E-state index contributed by atoms with van der Waals surface area (Å²) < 4.78 is 5.41. The molecular formula is C13H18O2. The van der Waals surface area contributed by atoms with Crippen LogP contribution in [0.25, 0.3) is 0 Å². The van der Waals surface area contributed by atoms with E-state index in [-0.39, 0.29) is 12.4 Å². The van der Waals surface area contributed by atoms with E-state index in [0.717, 1.165) is 18.6 Å². The Morgan fingerprint density at radius 3 is 2.80 bits per heavy atom. The maximum absolute atomic E-state index is 11.2. The van der Waals surface area contributed by atoms with Gasteiger partial charge in [0.05, 0.1) is 0 Å². The average Bonchev–Trinajstić information content (AvgIpc) is 2.27. The van der Waals surface area contributed by atoms with E-state index >= 15 is 0 Å². The van der Waals surface area contributed by atoms with Crippen molar-refractivity contribution in [3.8, 4) is 5.75 Å². The molecule has 0 radical (unpaired) electrons. The van der Waals surface area contributed by atoms with E-state index in [9.17, 15) is 4.79 Å². The predicted octanol–water partition coefficient (Wildman–Crippen LogP) is 3.00. The molecule has 1 aromatic carbocycles. The average molecular weight is 206 g/mol. The number of carbonyl (C=O) groups is 1. The first-order valence-corrected chi connectivity index (χ1v) is 5.49. The number of ether oxygens (including phenoxy) is 1. The minimum atomic E-state index is 0.166. The number of rotatable bonds is 6. The highest BCUT2D eigenvalue weighted by molar-refractivity contribution is 5.79. The fraction of sp³-hybridized carbons (Fsp3) is 0.462. The molecule has 0 N–H and O–H groups in total. The minimum absolute atomic E-state index is 0.166. The van der Waals surface area contributed by atoms with Crippen molar-refractivity contribution in [1.82, 2.24) is 0 Å². The van der Waals surface area contributed by atoms with Crippen LogP contribution in [0.1, 0.15) is 32.3 Å². The maximum atomic E-state index is 11.2. The SMILES string of the molecule is CCCC(=O)COc1cccc(CC)c1. The Balaban J connectivity index is 2.46. The smallest absolute Gasteiger partial charge is 0.170 e. The Morgan fingerprint density at radius 1 is 1.33 bits per heavy atom. The van der Waals surface area contributed by atoms with Crippen molar-refractivity contribution in [1.29, 1.82) is 0 Å². The minimum Gasteiger partial charge on any atom is -0.486 e. The Hall–Kier alpha value is -1.31. The summed E-state index contributed by atoms with van der Waals surface area (Å²) >= 11 is 0. The van der Waals surface area contributed by atoms with E-state index in [1.54, 1.807) is 0 Å². The largest absolute Gasteiger partial charge is 0.486 e. The van der Waals surface area contributed by atoms with Crippen molar-refractivity contribution in [2.45, 2.75) is 33.1 Å². The van der Waals surface area contributed by atoms with E-state index in [0.29, 0.717) is 6.42 Å². The predicted molar refractivity (Wildman–Crippen MR) is 61.2 cm³/mol. The van der Waals surface area contributed by atoms with Crippen molar-refractivity contribution < 1.29 is 9.53 Å². The molecule has 1 rings (SSSR count). The zero-order valence-electron chi connectivity index (χ0n) is 9.45. The second-order valence-electron chi connectivity index (χ2n) is 3.58. The van der Waals surface area contributed by atoms with Crippen LogP contribution in [0.4, 0.5) is 0 Å². The van der Waals surface area contributed by atoms with Crippen LogP contribution in [0.5, 0.6) is 5.75 Å². The first kappa shape index (κ1) is 11.8. The summed E-state index contributed by atoms with van der Waals surface area (Å²) in [5, 5.41) is 0. The third-order valence-corrected chi connectivity index (χ3v) is 2.24. The fourth-order valence-electron chi connectivity index (χ4n) is 1.37. The molecule has 15 heavy (non-hydrogen) atoms. The topological polar surface area (TPSA) is 26.3 Å². The monoisotopic (exact) mass is 206 g/mol. The zero-order chi connectivity index (χ0) is 11.1. The molecule has 0 bridgehead atoms. The first-order chi connectivity index (χ1) is 7.26. The van der Waals surface area contributed by atoms with Gasteiger partial charge >= 0.3 is 0 Å². The molecule has 0 aliphatic heterocycles. The van der Waals surface area contributed by atoms with E-state index in [1.165, 1.54) is 5.56 Å². The molecule has 1 aromatic rings. The van der Waals surface area contributed by atoms with Gasteiger partial charge in [0.25, 0.3) is 0 Å². The molecular weight excluding hydrogens is 188 g/mol. The molecule has 2 nitrogen and oxygen atoms in total. The van der Waals surface area contributed by atoms with Crippen LogP contribution in [0, 0.1) is 0 Å². The van der Waals surface area contributed by atoms with Gasteiger partial charge in [-0.1, -0.05) is 26.0 Å².